The largest absolute Gasteiger partial charge is 0.479 e. The van der Waals surface area contributed by atoms with Crippen LogP contribution in [0.4, 0.5) is 5.69 Å². The minimum atomic E-state index is -0.638. The number of Topliss-reactive ketones (excluding diaryl/α,β-unsaturated/α-hetero) is 1. The third-order valence-electron chi connectivity index (χ3n) is 5.31. The Labute approximate surface area is 193 Å². The molecule has 0 aliphatic carbocycles. The lowest BCUT2D eigenvalue weighted by Gasteiger charge is -2.32. The molecule has 32 heavy (non-hydrogen) atoms. The van der Waals surface area contributed by atoms with Gasteiger partial charge < -0.3 is 4.74 Å². The quantitative estimate of drug-likeness (QED) is 0.359. The molecule has 2 aromatic carbocycles. The first-order chi connectivity index (χ1) is 15.6. The number of rotatable bonds is 6. The number of amides is 1. The summed E-state index contributed by atoms with van der Waals surface area (Å²) in [6.07, 6.45) is 0.137. The molecule has 5 nitrogen and oxygen atoms in total. The molecule has 0 saturated carbocycles. The summed E-state index contributed by atoms with van der Waals surface area (Å²) in [7, 11) is 0. The maximum Gasteiger partial charge on any atom is 0.268 e. The van der Waals surface area contributed by atoms with Crippen LogP contribution in [0.3, 0.4) is 0 Å². The van der Waals surface area contributed by atoms with E-state index < -0.39 is 6.10 Å². The van der Waals surface area contributed by atoms with Gasteiger partial charge in [-0.2, -0.15) is 0 Å². The van der Waals surface area contributed by atoms with Crippen molar-refractivity contribution < 1.29 is 14.3 Å². The highest BCUT2D eigenvalue weighted by atomic mass is 32.1. The number of benzene rings is 2. The van der Waals surface area contributed by atoms with Gasteiger partial charge in [-0.05, 0) is 42.1 Å². The maximum absolute atomic E-state index is 12.9. The number of carbonyl (C=O) groups excluding carboxylic acids is 2. The van der Waals surface area contributed by atoms with E-state index in [1.165, 1.54) is 21.8 Å². The van der Waals surface area contributed by atoms with Crippen LogP contribution >= 0.6 is 22.7 Å². The minimum Gasteiger partial charge on any atom is -0.479 e. The van der Waals surface area contributed by atoms with E-state index >= 15 is 0 Å². The Morgan fingerprint density at radius 3 is 2.72 bits per heavy atom. The number of hydrogen-bond donors (Lipinski definition) is 0. The highest BCUT2D eigenvalue weighted by molar-refractivity contribution is 7.12. The summed E-state index contributed by atoms with van der Waals surface area (Å²) >= 11 is 2.99. The Morgan fingerprint density at radius 1 is 1.09 bits per heavy atom. The summed E-state index contributed by atoms with van der Waals surface area (Å²) in [5, 5.41) is 4.91. The molecule has 0 spiro atoms. The lowest BCUT2D eigenvalue weighted by Crippen LogP contribution is -2.46. The maximum atomic E-state index is 12.9. The molecule has 2 aromatic heterocycles. The van der Waals surface area contributed by atoms with Crippen LogP contribution < -0.4 is 9.64 Å². The number of anilines is 1. The Balaban J connectivity index is 1.44. The highest BCUT2D eigenvalue weighted by Crippen LogP contribution is 2.38. The number of nitrogens with zero attached hydrogens (tertiary/aromatic N) is 2. The molecule has 0 bridgehead atoms. The molecule has 1 aliphatic rings. The van der Waals surface area contributed by atoms with E-state index in [9.17, 15) is 9.59 Å². The molecule has 5 rings (SSSR count). The molecule has 7 heteroatoms. The van der Waals surface area contributed by atoms with Crippen molar-refractivity contribution in [3.63, 3.8) is 0 Å². The van der Waals surface area contributed by atoms with E-state index in [0.717, 1.165) is 22.7 Å². The van der Waals surface area contributed by atoms with E-state index in [-0.39, 0.29) is 18.2 Å². The van der Waals surface area contributed by atoms with Crippen molar-refractivity contribution in [3.05, 3.63) is 86.9 Å². The lowest BCUT2D eigenvalue weighted by molar-refractivity contribution is -0.125. The van der Waals surface area contributed by atoms with Gasteiger partial charge in [0, 0.05) is 17.4 Å². The highest BCUT2D eigenvalue weighted by Gasteiger charge is 2.33. The Morgan fingerprint density at radius 2 is 1.94 bits per heavy atom. The second-order valence-electron chi connectivity index (χ2n) is 7.56. The second kappa shape index (κ2) is 8.68. The van der Waals surface area contributed by atoms with Crippen LogP contribution in [0.2, 0.25) is 0 Å². The van der Waals surface area contributed by atoms with Crippen molar-refractivity contribution in [2.24, 2.45) is 0 Å². The Kier molecular flexibility index (Phi) is 5.59. The number of hydrogen-bond acceptors (Lipinski definition) is 6. The van der Waals surface area contributed by atoms with Gasteiger partial charge in [-0.3, -0.25) is 14.5 Å². The number of thiazole rings is 1. The van der Waals surface area contributed by atoms with Gasteiger partial charge >= 0.3 is 0 Å². The van der Waals surface area contributed by atoms with Crippen LogP contribution in [0, 0.1) is 0 Å². The summed E-state index contributed by atoms with van der Waals surface area (Å²) in [4.78, 5) is 32.6. The van der Waals surface area contributed by atoms with Crippen molar-refractivity contribution in [1.29, 1.82) is 0 Å². The van der Waals surface area contributed by atoms with Crippen LogP contribution in [-0.2, 0) is 11.2 Å². The van der Waals surface area contributed by atoms with Crippen LogP contribution in [0.1, 0.15) is 27.2 Å². The first kappa shape index (κ1) is 20.6. The van der Waals surface area contributed by atoms with Crippen molar-refractivity contribution in [2.45, 2.75) is 19.4 Å². The third kappa shape index (κ3) is 4.09. The molecule has 0 fully saturated rings. The van der Waals surface area contributed by atoms with E-state index in [0.29, 0.717) is 16.3 Å². The van der Waals surface area contributed by atoms with Crippen molar-refractivity contribution in [2.75, 3.05) is 11.4 Å². The average Bonchev–Trinajstić information content (AvgIpc) is 3.50. The van der Waals surface area contributed by atoms with Gasteiger partial charge in [0.25, 0.3) is 5.91 Å². The molecule has 0 saturated heterocycles. The number of thiophene rings is 1. The van der Waals surface area contributed by atoms with Gasteiger partial charge in [0.2, 0.25) is 0 Å². The lowest BCUT2D eigenvalue weighted by atomic mass is 10.1. The smallest absolute Gasteiger partial charge is 0.268 e. The number of aromatic nitrogens is 1. The molecule has 0 N–H and O–H groups in total. The molecule has 0 radical (unpaired) electrons. The molecule has 3 heterocycles. The van der Waals surface area contributed by atoms with Gasteiger partial charge in [-0.1, -0.05) is 36.4 Å². The van der Waals surface area contributed by atoms with Crippen molar-refractivity contribution in [3.8, 4) is 17.0 Å². The summed E-state index contributed by atoms with van der Waals surface area (Å²) in [5.74, 6) is 0.291. The number of ketones is 1. The van der Waals surface area contributed by atoms with Gasteiger partial charge in [0.15, 0.2) is 11.9 Å². The first-order valence-electron chi connectivity index (χ1n) is 10.3. The number of carbonyl (C=O) groups is 2. The summed E-state index contributed by atoms with van der Waals surface area (Å²) < 4.78 is 5.80. The van der Waals surface area contributed by atoms with Crippen molar-refractivity contribution in [1.82, 2.24) is 4.98 Å². The molecule has 1 amide bonds. The van der Waals surface area contributed by atoms with E-state index in [1.807, 2.05) is 53.2 Å². The first-order valence-corrected chi connectivity index (χ1v) is 12.0. The molecule has 4 aromatic rings. The fourth-order valence-corrected chi connectivity index (χ4v) is 5.18. The zero-order chi connectivity index (χ0) is 22.1. The fourth-order valence-electron chi connectivity index (χ4n) is 3.68. The number of ether oxygens (including phenoxy) is 1. The topological polar surface area (TPSA) is 59.5 Å². The molecule has 1 atom stereocenters. The van der Waals surface area contributed by atoms with Gasteiger partial charge in [-0.25, -0.2) is 4.98 Å². The average molecular weight is 461 g/mol. The van der Waals surface area contributed by atoms with Crippen LogP contribution in [0.5, 0.6) is 5.75 Å². The monoisotopic (exact) mass is 460 g/mol. The van der Waals surface area contributed by atoms with Gasteiger partial charge in [-0.15, -0.1) is 22.7 Å². The molecule has 160 valence electrons. The van der Waals surface area contributed by atoms with Gasteiger partial charge in [0.1, 0.15) is 5.75 Å². The minimum absolute atomic E-state index is 0.0141. The van der Waals surface area contributed by atoms with E-state index in [2.05, 4.69) is 12.1 Å². The Bertz CT molecular complexity index is 1270. The summed E-state index contributed by atoms with van der Waals surface area (Å²) in [6.45, 7) is 1.69. The normalized spacial score (nSPS) is 15.3. The number of fused-ring (bicyclic) bond motifs is 1. The fraction of sp³-hybridized carbons (Fsp3) is 0.160. The van der Waals surface area contributed by atoms with Crippen LogP contribution in [0.15, 0.2) is 71.4 Å². The van der Waals surface area contributed by atoms with Crippen molar-refractivity contribution >= 4 is 40.1 Å². The SMILES string of the molecule is CC1Oc2ccc(-c3csc(Cc4ccccc4)n3)cc2N(CC(=O)c2cccs2)C1=O. The van der Waals surface area contributed by atoms with E-state index in [1.54, 1.807) is 24.3 Å². The summed E-state index contributed by atoms with van der Waals surface area (Å²) in [5.41, 5.74) is 3.55. The predicted molar refractivity (Wildman–Crippen MR) is 128 cm³/mol. The zero-order valence-corrected chi connectivity index (χ0v) is 19.0. The van der Waals surface area contributed by atoms with E-state index in [4.69, 9.17) is 9.72 Å². The molecular formula is C25H20N2O3S2. The summed E-state index contributed by atoms with van der Waals surface area (Å²) in [6, 6.07) is 19.5. The Hall–Kier alpha value is -3.29. The predicted octanol–water partition coefficient (Wildman–Crippen LogP) is 5.46. The third-order valence-corrected chi connectivity index (χ3v) is 7.07. The molecule has 1 unspecified atom stereocenters. The standard InChI is InChI=1S/C25H20N2O3S2/c1-16-25(29)27(14-21(28)23-8-5-11-31-23)20-13-18(9-10-22(20)30-16)19-15-32-24(26-19)12-17-6-3-2-4-7-17/h2-11,13,15-16H,12,14H2,1H3. The molecular weight excluding hydrogens is 440 g/mol. The van der Waals surface area contributed by atoms with Crippen LogP contribution in [0.25, 0.3) is 11.3 Å². The van der Waals surface area contributed by atoms with Crippen LogP contribution in [-0.4, -0.2) is 29.3 Å². The van der Waals surface area contributed by atoms with Gasteiger partial charge in [0.05, 0.1) is 27.8 Å². The zero-order valence-electron chi connectivity index (χ0n) is 17.4. The second-order valence-corrected chi connectivity index (χ2v) is 9.45. The molecule has 1 aliphatic heterocycles.